The molecule has 5 rings (SSSR count). The van der Waals surface area contributed by atoms with Crippen molar-refractivity contribution >= 4 is 11.0 Å². The van der Waals surface area contributed by atoms with Crippen molar-refractivity contribution in [1.29, 1.82) is 0 Å². The summed E-state index contributed by atoms with van der Waals surface area (Å²) in [6.07, 6.45) is 3.27. The number of fused-ring (bicyclic) bond motifs is 2. The average Bonchev–Trinajstić information content (AvgIpc) is 3.09. The molecule has 0 unspecified atom stereocenters. The lowest BCUT2D eigenvalue weighted by molar-refractivity contribution is 0.171. The maximum Gasteiger partial charge on any atom is 0.163 e. The Hall–Kier alpha value is -3.94. The molecule has 28 heavy (non-hydrogen) atoms. The number of aromatic nitrogens is 3. The van der Waals surface area contributed by atoms with Gasteiger partial charge in [-0.3, -0.25) is 9.55 Å². The summed E-state index contributed by atoms with van der Waals surface area (Å²) in [7, 11) is 0. The van der Waals surface area contributed by atoms with E-state index in [2.05, 4.69) is 9.97 Å². The molecule has 1 aliphatic heterocycles. The summed E-state index contributed by atoms with van der Waals surface area (Å²) < 4.78 is 13.1. The fraction of sp³-hybridized carbons (Fsp3) is 0.100. The van der Waals surface area contributed by atoms with E-state index in [-0.39, 0.29) is 17.1 Å². The van der Waals surface area contributed by atoms with Crippen LogP contribution in [-0.2, 0) is 0 Å². The Balaban J connectivity index is 1.79. The maximum absolute atomic E-state index is 10.4. The number of nitrogens with zero attached hydrogens (tertiary/aromatic N) is 3. The lowest BCUT2D eigenvalue weighted by Crippen LogP contribution is -2.15. The number of imidazole rings is 1. The van der Waals surface area contributed by atoms with Crippen LogP contribution in [0.2, 0.25) is 0 Å². The minimum Gasteiger partial charge on any atom is -0.507 e. The first-order chi connectivity index (χ1) is 13.6. The zero-order valence-electron chi connectivity index (χ0n) is 14.5. The molecule has 8 nitrogen and oxygen atoms in total. The highest BCUT2D eigenvalue weighted by Gasteiger charge is 2.21. The molecule has 0 bridgehead atoms. The van der Waals surface area contributed by atoms with Crippen LogP contribution >= 0.6 is 0 Å². The minimum atomic E-state index is -0.412. The summed E-state index contributed by atoms with van der Waals surface area (Å²) in [4.78, 5) is 8.69. The van der Waals surface area contributed by atoms with Crippen LogP contribution in [0.3, 0.4) is 0 Å². The highest BCUT2D eigenvalue weighted by molar-refractivity contribution is 5.84. The second-order valence-electron chi connectivity index (χ2n) is 6.32. The van der Waals surface area contributed by atoms with E-state index in [1.807, 2.05) is 22.8 Å². The highest BCUT2D eigenvalue weighted by Crippen LogP contribution is 2.41. The highest BCUT2D eigenvalue weighted by atomic mass is 16.6. The van der Waals surface area contributed by atoms with Gasteiger partial charge in [-0.15, -0.1) is 0 Å². The van der Waals surface area contributed by atoms with Crippen molar-refractivity contribution in [2.45, 2.75) is 0 Å². The smallest absolute Gasteiger partial charge is 0.163 e. The zero-order valence-corrected chi connectivity index (χ0v) is 14.5. The van der Waals surface area contributed by atoms with Crippen LogP contribution in [0.5, 0.6) is 28.7 Å². The van der Waals surface area contributed by atoms with Gasteiger partial charge < -0.3 is 24.8 Å². The predicted molar refractivity (Wildman–Crippen MR) is 100 cm³/mol. The summed E-state index contributed by atoms with van der Waals surface area (Å²) in [5.74, 6) is 0.678. The number of hydrogen-bond donors (Lipinski definition) is 3. The molecule has 0 spiro atoms. The summed E-state index contributed by atoms with van der Waals surface area (Å²) in [5, 5.41) is 30.0. The molecule has 2 aromatic carbocycles. The van der Waals surface area contributed by atoms with Gasteiger partial charge in [-0.25, -0.2) is 4.98 Å². The van der Waals surface area contributed by atoms with Crippen molar-refractivity contribution in [2.75, 3.05) is 13.2 Å². The summed E-state index contributed by atoms with van der Waals surface area (Å²) in [6.45, 7) is 0.961. The third-order valence-electron chi connectivity index (χ3n) is 4.57. The molecular formula is C20H15N3O5. The van der Waals surface area contributed by atoms with Crippen molar-refractivity contribution < 1.29 is 24.8 Å². The molecule has 0 fully saturated rings. The minimum absolute atomic E-state index is 0.211. The Morgan fingerprint density at radius 2 is 1.64 bits per heavy atom. The van der Waals surface area contributed by atoms with E-state index in [1.54, 1.807) is 18.5 Å². The Bertz CT molecular complexity index is 1220. The molecule has 0 atom stereocenters. The second-order valence-corrected chi connectivity index (χ2v) is 6.32. The normalized spacial score (nSPS) is 13.0. The van der Waals surface area contributed by atoms with E-state index in [4.69, 9.17) is 9.47 Å². The number of ether oxygens (including phenoxy) is 2. The lowest BCUT2D eigenvalue weighted by Gasteiger charge is -2.20. The van der Waals surface area contributed by atoms with Crippen molar-refractivity contribution in [3.05, 3.63) is 48.8 Å². The van der Waals surface area contributed by atoms with Gasteiger partial charge in [0.25, 0.3) is 0 Å². The Kier molecular flexibility index (Phi) is 3.51. The monoisotopic (exact) mass is 377 g/mol. The summed E-state index contributed by atoms with van der Waals surface area (Å²) in [5.41, 5.74) is 2.37. The zero-order chi connectivity index (χ0) is 19.3. The van der Waals surface area contributed by atoms with Gasteiger partial charge in [-0.05, 0) is 24.3 Å². The van der Waals surface area contributed by atoms with Gasteiger partial charge in [0.05, 0.1) is 23.0 Å². The SMILES string of the molecule is Oc1cc(O)c(-c2nc3cnccc3n2-c2ccc3c(c2)OCCO3)cc1O. The van der Waals surface area contributed by atoms with Crippen LogP contribution in [0.15, 0.2) is 48.8 Å². The molecule has 140 valence electrons. The van der Waals surface area contributed by atoms with Crippen LogP contribution in [0.4, 0.5) is 0 Å². The van der Waals surface area contributed by atoms with Crippen molar-refractivity contribution in [3.63, 3.8) is 0 Å². The predicted octanol–water partition coefficient (Wildman–Crippen LogP) is 2.98. The first-order valence-corrected chi connectivity index (χ1v) is 8.59. The van der Waals surface area contributed by atoms with E-state index in [0.717, 1.165) is 17.3 Å². The molecule has 0 saturated heterocycles. The van der Waals surface area contributed by atoms with Crippen molar-refractivity contribution in [2.24, 2.45) is 0 Å². The van der Waals surface area contributed by atoms with E-state index < -0.39 is 5.75 Å². The van der Waals surface area contributed by atoms with E-state index in [9.17, 15) is 15.3 Å². The molecule has 4 aromatic rings. The Morgan fingerprint density at radius 3 is 2.50 bits per heavy atom. The van der Waals surface area contributed by atoms with E-state index in [1.165, 1.54) is 6.07 Å². The third kappa shape index (κ3) is 2.46. The largest absolute Gasteiger partial charge is 0.507 e. The molecule has 0 aliphatic carbocycles. The van der Waals surface area contributed by atoms with Crippen LogP contribution in [-0.4, -0.2) is 43.1 Å². The van der Waals surface area contributed by atoms with Gasteiger partial charge in [0.15, 0.2) is 23.0 Å². The number of pyridine rings is 1. The number of phenolic OH excluding ortho intramolecular Hbond substituents is 3. The first kappa shape index (κ1) is 16.2. The molecule has 0 radical (unpaired) electrons. The number of rotatable bonds is 2. The van der Waals surface area contributed by atoms with Crippen LogP contribution in [0.1, 0.15) is 0 Å². The average molecular weight is 377 g/mol. The van der Waals surface area contributed by atoms with Gasteiger partial charge >= 0.3 is 0 Å². The third-order valence-corrected chi connectivity index (χ3v) is 4.57. The van der Waals surface area contributed by atoms with Crippen molar-refractivity contribution in [3.8, 4) is 45.8 Å². The molecule has 0 amide bonds. The second kappa shape index (κ2) is 6.05. The molecule has 2 aromatic heterocycles. The molecule has 3 N–H and O–H groups in total. The number of benzene rings is 2. The quantitative estimate of drug-likeness (QED) is 0.364. The van der Waals surface area contributed by atoms with Crippen LogP contribution in [0, 0.1) is 0 Å². The van der Waals surface area contributed by atoms with Crippen LogP contribution < -0.4 is 9.47 Å². The number of aromatic hydroxyl groups is 3. The first-order valence-electron chi connectivity index (χ1n) is 8.59. The number of phenols is 3. The summed E-state index contributed by atoms with van der Waals surface area (Å²) in [6, 6.07) is 9.66. The topological polar surface area (TPSA) is 110 Å². The fourth-order valence-electron chi connectivity index (χ4n) is 3.29. The lowest BCUT2D eigenvalue weighted by atomic mass is 10.1. The maximum atomic E-state index is 10.4. The molecular weight excluding hydrogens is 362 g/mol. The van der Waals surface area contributed by atoms with Crippen molar-refractivity contribution in [1.82, 2.24) is 14.5 Å². The van der Waals surface area contributed by atoms with Gasteiger partial charge in [-0.2, -0.15) is 0 Å². The van der Waals surface area contributed by atoms with E-state index in [0.29, 0.717) is 36.1 Å². The van der Waals surface area contributed by atoms with E-state index >= 15 is 0 Å². The molecule has 3 heterocycles. The number of hydrogen-bond acceptors (Lipinski definition) is 7. The molecule has 1 aliphatic rings. The summed E-state index contributed by atoms with van der Waals surface area (Å²) >= 11 is 0. The fourth-order valence-corrected chi connectivity index (χ4v) is 3.29. The van der Waals surface area contributed by atoms with Gasteiger partial charge in [0.2, 0.25) is 0 Å². The van der Waals surface area contributed by atoms with Gasteiger partial charge in [0, 0.05) is 18.3 Å². The Morgan fingerprint density at radius 1 is 0.857 bits per heavy atom. The Labute approximate surface area is 158 Å². The molecule has 0 saturated carbocycles. The molecule has 8 heteroatoms. The van der Waals surface area contributed by atoms with Crippen LogP contribution in [0.25, 0.3) is 28.1 Å². The van der Waals surface area contributed by atoms with Gasteiger partial charge in [0.1, 0.15) is 30.3 Å². The standard InChI is InChI=1S/C20H15N3O5/c24-15-9-17(26)16(25)8-12(15)20-22-13-10-21-4-3-14(13)23(20)11-1-2-18-19(7-11)28-6-5-27-18/h1-4,7-10,24-26H,5-6H2. The van der Waals surface area contributed by atoms with Gasteiger partial charge in [-0.1, -0.05) is 0 Å².